The number of nitrogens with one attached hydrogen (secondary N) is 1. The predicted molar refractivity (Wildman–Crippen MR) is 72.0 cm³/mol. The molecular formula is C11H17NO4S2. The Morgan fingerprint density at radius 2 is 1.67 bits per heavy atom. The molecule has 0 heterocycles. The van der Waals surface area contributed by atoms with Crippen LogP contribution in [0.2, 0.25) is 0 Å². The maximum atomic E-state index is 11.8. The van der Waals surface area contributed by atoms with Crippen LogP contribution >= 0.6 is 0 Å². The molecular weight excluding hydrogens is 274 g/mol. The first-order chi connectivity index (χ1) is 8.04. The van der Waals surface area contributed by atoms with Crippen LogP contribution in [0.25, 0.3) is 0 Å². The zero-order valence-electron chi connectivity index (χ0n) is 10.8. The molecule has 18 heavy (non-hydrogen) atoms. The molecule has 1 aromatic rings. The van der Waals surface area contributed by atoms with Crippen LogP contribution in [0.1, 0.15) is 19.4 Å². The van der Waals surface area contributed by atoms with Crippen LogP contribution in [-0.2, 0) is 19.9 Å². The predicted octanol–water partition coefficient (Wildman–Crippen LogP) is 1.55. The van der Waals surface area contributed by atoms with Crippen molar-refractivity contribution in [2.75, 3.05) is 11.0 Å². The summed E-state index contributed by atoms with van der Waals surface area (Å²) in [6.07, 6.45) is 1.08. The van der Waals surface area contributed by atoms with Crippen LogP contribution in [0.3, 0.4) is 0 Å². The first-order valence-electron chi connectivity index (χ1n) is 5.36. The van der Waals surface area contributed by atoms with Crippen molar-refractivity contribution in [3.8, 4) is 0 Å². The normalized spacial score (nSPS) is 12.7. The van der Waals surface area contributed by atoms with Gasteiger partial charge in [0.15, 0.2) is 9.84 Å². The summed E-state index contributed by atoms with van der Waals surface area (Å²) in [4.78, 5) is 0.0922. The third-order valence-corrected chi connectivity index (χ3v) is 5.37. The molecule has 1 rings (SSSR count). The van der Waals surface area contributed by atoms with E-state index in [-0.39, 0.29) is 4.90 Å². The van der Waals surface area contributed by atoms with Crippen molar-refractivity contribution in [2.24, 2.45) is 0 Å². The van der Waals surface area contributed by atoms with Gasteiger partial charge < -0.3 is 0 Å². The van der Waals surface area contributed by atoms with Crippen LogP contribution in [-0.4, -0.2) is 28.3 Å². The van der Waals surface area contributed by atoms with Crippen molar-refractivity contribution in [3.05, 3.63) is 23.8 Å². The molecule has 0 saturated carbocycles. The molecule has 0 spiro atoms. The number of anilines is 1. The largest absolute Gasteiger partial charge is 0.283 e. The summed E-state index contributed by atoms with van der Waals surface area (Å²) >= 11 is 0. The standard InChI is InChI=1S/C11H17NO4S2/c1-8(2)18(15,16)12-11-7-10(17(4,13)14)6-5-9(11)3/h5-8,12H,1-4H3. The molecule has 0 aromatic heterocycles. The highest BCUT2D eigenvalue weighted by Gasteiger charge is 2.18. The molecule has 0 bridgehead atoms. The van der Waals surface area contributed by atoms with Crippen LogP contribution < -0.4 is 4.72 Å². The lowest BCUT2D eigenvalue weighted by Crippen LogP contribution is -2.23. The molecule has 0 amide bonds. The van der Waals surface area contributed by atoms with Gasteiger partial charge in [-0.25, -0.2) is 16.8 Å². The van der Waals surface area contributed by atoms with Gasteiger partial charge in [-0.05, 0) is 38.5 Å². The summed E-state index contributed by atoms with van der Waals surface area (Å²) in [7, 11) is -6.83. The summed E-state index contributed by atoms with van der Waals surface area (Å²) < 4.78 is 48.7. The van der Waals surface area contributed by atoms with Crippen molar-refractivity contribution in [3.63, 3.8) is 0 Å². The van der Waals surface area contributed by atoms with Crippen molar-refractivity contribution in [1.29, 1.82) is 0 Å². The fourth-order valence-electron chi connectivity index (χ4n) is 1.21. The van der Waals surface area contributed by atoms with E-state index in [1.54, 1.807) is 26.8 Å². The van der Waals surface area contributed by atoms with E-state index in [2.05, 4.69) is 4.72 Å². The van der Waals surface area contributed by atoms with E-state index < -0.39 is 25.1 Å². The van der Waals surface area contributed by atoms with Gasteiger partial charge in [0, 0.05) is 6.26 Å². The van der Waals surface area contributed by atoms with E-state index in [4.69, 9.17) is 0 Å². The Kier molecular flexibility index (Phi) is 4.07. The lowest BCUT2D eigenvalue weighted by molar-refractivity contribution is 0.592. The van der Waals surface area contributed by atoms with Crippen LogP contribution in [0, 0.1) is 6.92 Å². The molecule has 5 nitrogen and oxygen atoms in total. The molecule has 1 aromatic carbocycles. The quantitative estimate of drug-likeness (QED) is 0.912. The number of benzene rings is 1. The molecule has 7 heteroatoms. The van der Waals surface area contributed by atoms with Gasteiger partial charge in [-0.15, -0.1) is 0 Å². The second-order valence-electron chi connectivity index (χ2n) is 4.44. The molecule has 0 aliphatic rings. The smallest absolute Gasteiger partial charge is 0.235 e. The van der Waals surface area contributed by atoms with E-state index in [1.165, 1.54) is 12.1 Å². The van der Waals surface area contributed by atoms with Gasteiger partial charge in [-0.2, -0.15) is 0 Å². The lowest BCUT2D eigenvalue weighted by atomic mass is 10.2. The lowest BCUT2D eigenvalue weighted by Gasteiger charge is -2.13. The minimum Gasteiger partial charge on any atom is -0.283 e. The van der Waals surface area contributed by atoms with E-state index in [0.29, 0.717) is 11.3 Å². The molecule has 0 aliphatic heterocycles. The number of sulfone groups is 1. The van der Waals surface area contributed by atoms with Gasteiger partial charge in [-0.1, -0.05) is 6.07 Å². The monoisotopic (exact) mass is 291 g/mol. The second-order valence-corrected chi connectivity index (χ2v) is 8.70. The van der Waals surface area contributed by atoms with Crippen LogP contribution in [0.15, 0.2) is 23.1 Å². The maximum Gasteiger partial charge on any atom is 0.235 e. The summed E-state index contributed by atoms with van der Waals surface area (Å²) in [5.41, 5.74) is 0.971. The highest BCUT2D eigenvalue weighted by atomic mass is 32.2. The molecule has 0 unspecified atom stereocenters. The van der Waals surface area contributed by atoms with Crippen LogP contribution in [0.5, 0.6) is 0 Å². The summed E-state index contributed by atoms with van der Waals surface area (Å²) in [5.74, 6) is 0. The van der Waals surface area contributed by atoms with Gasteiger partial charge in [-0.3, -0.25) is 4.72 Å². The Morgan fingerprint density at radius 3 is 2.11 bits per heavy atom. The summed E-state index contributed by atoms with van der Waals surface area (Å²) in [6, 6.07) is 4.37. The van der Waals surface area contributed by atoms with Crippen molar-refractivity contribution < 1.29 is 16.8 Å². The number of sulfonamides is 1. The molecule has 0 radical (unpaired) electrons. The molecule has 0 fully saturated rings. The van der Waals surface area contributed by atoms with Crippen molar-refractivity contribution >= 4 is 25.5 Å². The topological polar surface area (TPSA) is 80.3 Å². The Labute approximate surface area is 108 Å². The van der Waals surface area contributed by atoms with E-state index >= 15 is 0 Å². The minimum absolute atomic E-state index is 0.0922. The van der Waals surface area contributed by atoms with Gasteiger partial charge >= 0.3 is 0 Å². The molecule has 0 saturated heterocycles. The first kappa shape index (κ1) is 15.0. The average molecular weight is 291 g/mol. The number of hydrogen-bond acceptors (Lipinski definition) is 4. The van der Waals surface area contributed by atoms with Crippen molar-refractivity contribution in [1.82, 2.24) is 0 Å². The summed E-state index contributed by atoms with van der Waals surface area (Å²) in [5, 5.41) is -0.584. The number of aryl methyl sites for hydroxylation is 1. The zero-order valence-corrected chi connectivity index (χ0v) is 12.4. The number of hydrogen-bond donors (Lipinski definition) is 1. The van der Waals surface area contributed by atoms with Crippen molar-refractivity contribution in [2.45, 2.75) is 30.9 Å². The van der Waals surface area contributed by atoms with E-state index in [9.17, 15) is 16.8 Å². The zero-order chi connectivity index (χ0) is 14.1. The van der Waals surface area contributed by atoms with E-state index in [1.807, 2.05) is 0 Å². The Morgan fingerprint density at radius 1 is 1.11 bits per heavy atom. The van der Waals surface area contributed by atoms with Gasteiger partial charge in [0.2, 0.25) is 10.0 Å². The molecule has 102 valence electrons. The van der Waals surface area contributed by atoms with Gasteiger partial charge in [0.25, 0.3) is 0 Å². The minimum atomic E-state index is -3.48. The Hall–Kier alpha value is -1.08. The highest BCUT2D eigenvalue weighted by molar-refractivity contribution is 7.93. The van der Waals surface area contributed by atoms with Gasteiger partial charge in [0.05, 0.1) is 15.8 Å². The Balaban J connectivity index is 3.27. The number of rotatable bonds is 4. The van der Waals surface area contributed by atoms with Gasteiger partial charge in [0.1, 0.15) is 0 Å². The molecule has 1 N–H and O–H groups in total. The second kappa shape index (κ2) is 4.89. The van der Waals surface area contributed by atoms with E-state index in [0.717, 1.165) is 6.26 Å². The van der Waals surface area contributed by atoms with Crippen LogP contribution in [0.4, 0.5) is 5.69 Å². The maximum absolute atomic E-state index is 11.8. The third kappa shape index (κ3) is 3.46. The third-order valence-electron chi connectivity index (χ3n) is 2.51. The molecule has 0 aliphatic carbocycles. The fraction of sp³-hybridized carbons (Fsp3) is 0.455. The Bertz CT molecular complexity index is 646. The first-order valence-corrected chi connectivity index (χ1v) is 8.80. The SMILES string of the molecule is Cc1ccc(S(C)(=O)=O)cc1NS(=O)(=O)C(C)C. The average Bonchev–Trinajstić information content (AvgIpc) is 2.19. The molecule has 0 atom stereocenters. The highest BCUT2D eigenvalue weighted by Crippen LogP contribution is 2.22. The fourth-order valence-corrected chi connectivity index (χ4v) is 2.62. The summed E-state index contributed by atoms with van der Waals surface area (Å²) in [6.45, 7) is 4.82.